The number of halogens is 1. The summed E-state index contributed by atoms with van der Waals surface area (Å²) in [6, 6.07) is 6.07. The Morgan fingerprint density at radius 3 is 2.63 bits per heavy atom. The van der Waals surface area contributed by atoms with E-state index in [1.807, 2.05) is 18.7 Å². The third kappa shape index (κ3) is 3.18. The standard InChI is InChI=1S/C15H20FNOS/c1-10-12(3)19-9-8-17(10)11(2)15(18)13-4-6-14(16)7-5-13/h4-7,10-12H,8-9H2,1-3H3. The summed E-state index contributed by atoms with van der Waals surface area (Å²) < 4.78 is 12.9. The summed E-state index contributed by atoms with van der Waals surface area (Å²) in [5.74, 6) is 0.832. The molecule has 0 amide bonds. The van der Waals surface area contributed by atoms with E-state index in [0.717, 1.165) is 12.3 Å². The molecule has 0 spiro atoms. The third-order valence-electron chi connectivity index (χ3n) is 3.94. The highest BCUT2D eigenvalue weighted by molar-refractivity contribution is 8.00. The highest BCUT2D eigenvalue weighted by Gasteiger charge is 2.32. The zero-order valence-corrected chi connectivity index (χ0v) is 12.4. The Bertz CT molecular complexity index is 448. The van der Waals surface area contributed by atoms with E-state index in [1.54, 1.807) is 12.1 Å². The maximum absolute atomic E-state index is 12.9. The minimum Gasteiger partial charge on any atom is -0.292 e. The normalized spacial score (nSPS) is 26.1. The fourth-order valence-electron chi connectivity index (χ4n) is 2.51. The van der Waals surface area contributed by atoms with Gasteiger partial charge in [0.15, 0.2) is 5.78 Å². The molecule has 2 nitrogen and oxygen atoms in total. The number of ketones is 1. The number of hydrogen-bond acceptors (Lipinski definition) is 3. The van der Waals surface area contributed by atoms with Gasteiger partial charge >= 0.3 is 0 Å². The predicted octanol–water partition coefficient (Wildman–Crippen LogP) is 3.22. The number of benzene rings is 1. The van der Waals surface area contributed by atoms with Crippen molar-refractivity contribution in [1.29, 1.82) is 0 Å². The lowest BCUT2D eigenvalue weighted by atomic mass is 10.0. The molecule has 3 atom stereocenters. The molecule has 1 aliphatic heterocycles. The van der Waals surface area contributed by atoms with Gasteiger partial charge in [0.1, 0.15) is 5.82 Å². The Morgan fingerprint density at radius 1 is 1.37 bits per heavy atom. The first-order chi connectivity index (χ1) is 9.00. The zero-order valence-electron chi connectivity index (χ0n) is 11.6. The molecular formula is C15H20FNOS. The van der Waals surface area contributed by atoms with E-state index in [4.69, 9.17) is 0 Å². The molecule has 1 saturated heterocycles. The Hall–Kier alpha value is -0.870. The summed E-state index contributed by atoms with van der Waals surface area (Å²) >= 11 is 1.95. The average molecular weight is 281 g/mol. The molecule has 0 N–H and O–H groups in total. The van der Waals surface area contributed by atoms with E-state index >= 15 is 0 Å². The Labute approximate surface area is 118 Å². The highest BCUT2D eigenvalue weighted by atomic mass is 32.2. The van der Waals surface area contributed by atoms with E-state index in [1.165, 1.54) is 12.1 Å². The van der Waals surface area contributed by atoms with Gasteiger partial charge in [0.25, 0.3) is 0 Å². The largest absolute Gasteiger partial charge is 0.292 e. The first kappa shape index (κ1) is 14.5. The summed E-state index contributed by atoms with van der Waals surface area (Å²) in [6.45, 7) is 7.26. The smallest absolute Gasteiger partial charge is 0.179 e. The lowest BCUT2D eigenvalue weighted by molar-refractivity contribution is 0.0781. The minimum absolute atomic E-state index is 0.0750. The molecule has 104 valence electrons. The van der Waals surface area contributed by atoms with Crippen LogP contribution < -0.4 is 0 Å². The van der Waals surface area contributed by atoms with Crippen LogP contribution in [0.1, 0.15) is 31.1 Å². The molecule has 4 heteroatoms. The van der Waals surface area contributed by atoms with Crippen molar-refractivity contribution in [2.75, 3.05) is 12.3 Å². The molecule has 2 rings (SSSR count). The van der Waals surface area contributed by atoms with Crippen LogP contribution in [-0.2, 0) is 0 Å². The van der Waals surface area contributed by atoms with Gasteiger partial charge in [0.2, 0.25) is 0 Å². The van der Waals surface area contributed by atoms with E-state index in [0.29, 0.717) is 16.9 Å². The van der Waals surface area contributed by atoms with Crippen LogP contribution in [0, 0.1) is 5.82 Å². The fraction of sp³-hybridized carbons (Fsp3) is 0.533. The molecule has 0 radical (unpaired) electrons. The van der Waals surface area contributed by atoms with Gasteiger partial charge in [-0.25, -0.2) is 4.39 Å². The lowest BCUT2D eigenvalue weighted by Gasteiger charge is -2.40. The van der Waals surface area contributed by atoms with Crippen LogP contribution in [0.15, 0.2) is 24.3 Å². The Balaban J connectivity index is 2.12. The van der Waals surface area contributed by atoms with Crippen LogP contribution in [0.4, 0.5) is 4.39 Å². The number of hydrogen-bond donors (Lipinski definition) is 0. The maximum atomic E-state index is 12.9. The second kappa shape index (κ2) is 6.06. The molecule has 0 aliphatic carbocycles. The molecule has 1 aromatic carbocycles. The molecular weight excluding hydrogens is 261 g/mol. The van der Waals surface area contributed by atoms with Crippen molar-refractivity contribution in [3.63, 3.8) is 0 Å². The molecule has 1 aliphatic rings. The molecule has 19 heavy (non-hydrogen) atoms. The van der Waals surface area contributed by atoms with Crippen LogP contribution in [-0.4, -0.2) is 40.3 Å². The van der Waals surface area contributed by atoms with Crippen LogP contribution in [0.25, 0.3) is 0 Å². The number of Topliss-reactive ketones (excluding diaryl/α,β-unsaturated/α-hetero) is 1. The van der Waals surface area contributed by atoms with Crippen molar-refractivity contribution in [2.24, 2.45) is 0 Å². The molecule has 0 aromatic heterocycles. The van der Waals surface area contributed by atoms with Crippen LogP contribution in [0.5, 0.6) is 0 Å². The van der Waals surface area contributed by atoms with E-state index in [9.17, 15) is 9.18 Å². The van der Waals surface area contributed by atoms with Crippen molar-refractivity contribution in [1.82, 2.24) is 4.90 Å². The molecule has 1 heterocycles. The van der Waals surface area contributed by atoms with Crippen molar-refractivity contribution in [3.05, 3.63) is 35.6 Å². The van der Waals surface area contributed by atoms with Gasteiger partial charge < -0.3 is 0 Å². The van der Waals surface area contributed by atoms with Crippen LogP contribution in [0.2, 0.25) is 0 Å². The fourth-order valence-corrected chi connectivity index (χ4v) is 3.63. The van der Waals surface area contributed by atoms with Gasteiger partial charge in [-0.3, -0.25) is 9.69 Å². The first-order valence-electron chi connectivity index (χ1n) is 6.68. The van der Waals surface area contributed by atoms with Crippen LogP contribution in [0.3, 0.4) is 0 Å². The van der Waals surface area contributed by atoms with Gasteiger partial charge in [-0.1, -0.05) is 6.92 Å². The lowest BCUT2D eigenvalue weighted by Crippen LogP contribution is -2.51. The number of carbonyl (C=O) groups excluding carboxylic acids is 1. The molecule has 1 fully saturated rings. The maximum Gasteiger partial charge on any atom is 0.179 e. The van der Waals surface area contributed by atoms with Crippen LogP contribution >= 0.6 is 11.8 Å². The van der Waals surface area contributed by atoms with Gasteiger partial charge in [-0.15, -0.1) is 0 Å². The molecule has 0 saturated carbocycles. The van der Waals surface area contributed by atoms with Gasteiger partial charge in [0, 0.05) is 29.2 Å². The third-order valence-corrected chi connectivity index (χ3v) is 5.28. The number of nitrogens with zero attached hydrogens (tertiary/aromatic N) is 1. The zero-order chi connectivity index (χ0) is 14.0. The Kier molecular flexibility index (Phi) is 4.63. The number of carbonyl (C=O) groups is 1. The summed E-state index contributed by atoms with van der Waals surface area (Å²) in [6.07, 6.45) is 0. The topological polar surface area (TPSA) is 20.3 Å². The van der Waals surface area contributed by atoms with Gasteiger partial charge in [0.05, 0.1) is 6.04 Å². The molecule has 3 unspecified atom stereocenters. The van der Waals surface area contributed by atoms with Crippen molar-refractivity contribution in [3.8, 4) is 0 Å². The van der Waals surface area contributed by atoms with Gasteiger partial charge in [-0.05, 0) is 38.1 Å². The monoisotopic (exact) mass is 281 g/mol. The van der Waals surface area contributed by atoms with E-state index < -0.39 is 0 Å². The second-order valence-electron chi connectivity index (χ2n) is 5.10. The Morgan fingerprint density at radius 2 is 2.00 bits per heavy atom. The van der Waals surface area contributed by atoms with Crippen molar-refractivity contribution >= 4 is 17.5 Å². The van der Waals surface area contributed by atoms with E-state index in [2.05, 4.69) is 18.7 Å². The molecule has 1 aromatic rings. The second-order valence-corrected chi connectivity index (χ2v) is 6.59. The number of rotatable bonds is 3. The minimum atomic E-state index is -0.305. The van der Waals surface area contributed by atoms with Gasteiger partial charge in [-0.2, -0.15) is 11.8 Å². The predicted molar refractivity (Wildman–Crippen MR) is 78.3 cm³/mol. The highest BCUT2D eigenvalue weighted by Crippen LogP contribution is 2.26. The van der Waals surface area contributed by atoms with E-state index in [-0.39, 0.29) is 17.6 Å². The summed E-state index contributed by atoms with van der Waals surface area (Å²) in [4.78, 5) is 14.7. The quantitative estimate of drug-likeness (QED) is 0.793. The first-order valence-corrected chi connectivity index (χ1v) is 7.72. The SMILES string of the molecule is CC1SCCN(C(C)C(=O)c2ccc(F)cc2)C1C. The van der Waals surface area contributed by atoms with Crippen molar-refractivity contribution in [2.45, 2.75) is 38.1 Å². The average Bonchev–Trinajstić information content (AvgIpc) is 2.41. The molecule has 0 bridgehead atoms. The summed E-state index contributed by atoms with van der Waals surface area (Å²) in [5, 5.41) is 0.539. The summed E-state index contributed by atoms with van der Waals surface area (Å²) in [5.41, 5.74) is 0.590. The number of thioether (sulfide) groups is 1. The summed E-state index contributed by atoms with van der Waals surface area (Å²) in [7, 11) is 0. The van der Waals surface area contributed by atoms with Crippen molar-refractivity contribution < 1.29 is 9.18 Å².